The van der Waals surface area contributed by atoms with Crippen molar-refractivity contribution in [2.75, 3.05) is 6.54 Å². The van der Waals surface area contributed by atoms with E-state index in [-0.39, 0.29) is 0 Å². The van der Waals surface area contributed by atoms with E-state index in [0.717, 1.165) is 25.7 Å². The molecule has 0 aliphatic heterocycles. The summed E-state index contributed by atoms with van der Waals surface area (Å²) < 4.78 is 0. The van der Waals surface area contributed by atoms with E-state index in [9.17, 15) is 9.90 Å². The summed E-state index contributed by atoms with van der Waals surface area (Å²) in [5.74, 6) is 0.0169. The maximum atomic E-state index is 11.5. The summed E-state index contributed by atoms with van der Waals surface area (Å²) in [6.07, 6.45) is 8.89. The van der Waals surface area contributed by atoms with Crippen LogP contribution in [0.25, 0.3) is 0 Å². The molecule has 2 N–H and O–H groups in total. The van der Waals surface area contributed by atoms with Gasteiger partial charge < -0.3 is 5.11 Å². The maximum Gasteiger partial charge on any atom is 0.323 e. The van der Waals surface area contributed by atoms with E-state index in [0.29, 0.717) is 12.5 Å². The van der Waals surface area contributed by atoms with Crippen LogP contribution in [0, 0.1) is 5.92 Å². The summed E-state index contributed by atoms with van der Waals surface area (Å²) in [7, 11) is 0. The van der Waals surface area contributed by atoms with E-state index in [4.69, 9.17) is 0 Å². The van der Waals surface area contributed by atoms with Crippen LogP contribution in [0.1, 0.15) is 51.9 Å². The number of carbonyl (C=O) groups is 1. The first-order chi connectivity index (χ1) is 8.14. The molecule has 0 aromatic heterocycles. The molecule has 0 bridgehead atoms. The Labute approximate surface area is 104 Å². The average molecular weight is 239 g/mol. The third-order valence-corrected chi connectivity index (χ3v) is 3.89. The van der Waals surface area contributed by atoms with Gasteiger partial charge in [-0.25, -0.2) is 0 Å². The predicted octanol–water partition coefficient (Wildman–Crippen LogP) is 2.97. The Morgan fingerprint density at radius 3 is 2.88 bits per heavy atom. The van der Waals surface area contributed by atoms with Crippen molar-refractivity contribution in [3.8, 4) is 0 Å². The van der Waals surface area contributed by atoms with Gasteiger partial charge in [0.05, 0.1) is 0 Å². The highest BCUT2D eigenvalue weighted by molar-refractivity contribution is 5.78. The highest BCUT2D eigenvalue weighted by atomic mass is 16.4. The number of aliphatic carboxylic acids is 1. The number of carboxylic acids is 1. The summed E-state index contributed by atoms with van der Waals surface area (Å²) in [5.41, 5.74) is -0.712. The van der Waals surface area contributed by atoms with E-state index < -0.39 is 11.5 Å². The first kappa shape index (κ1) is 14.2. The van der Waals surface area contributed by atoms with Gasteiger partial charge in [-0.3, -0.25) is 10.1 Å². The van der Waals surface area contributed by atoms with Crippen LogP contribution in [-0.2, 0) is 4.79 Å². The van der Waals surface area contributed by atoms with Gasteiger partial charge in [-0.15, -0.1) is 6.58 Å². The van der Waals surface area contributed by atoms with E-state index in [1.165, 1.54) is 19.3 Å². The molecule has 2 unspecified atom stereocenters. The number of rotatable bonds is 6. The van der Waals surface area contributed by atoms with Gasteiger partial charge in [-0.2, -0.15) is 0 Å². The molecule has 0 spiro atoms. The molecule has 1 fully saturated rings. The van der Waals surface area contributed by atoms with Gasteiger partial charge in [0.25, 0.3) is 0 Å². The number of hydrogen-bond donors (Lipinski definition) is 2. The van der Waals surface area contributed by atoms with Crippen molar-refractivity contribution >= 4 is 5.97 Å². The molecule has 0 heterocycles. The fourth-order valence-corrected chi connectivity index (χ4v) is 2.84. The SMILES string of the molecule is C=CCNC1(C(=O)O)CCCC(CCC)CC1. The van der Waals surface area contributed by atoms with Crippen molar-refractivity contribution in [3.63, 3.8) is 0 Å². The van der Waals surface area contributed by atoms with Crippen molar-refractivity contribution in [3.05, 3.63) is 12.7 Å². The van der Waals surface area contributed by atoms with E-state index in [1.807, 2.05) is 0 Å². The summed E-state index contributed by atoms with van der Waals surface area (Å²) >= 11 is 0. The number of hydrogen-bond acceptors (Lipinski definition) is 2. The largest absolute Gasteiger partial charge is 0.480 e. The molecule has 0 saturated heterocycles. The second kappa shape index (κ2) is 6.80. The zero-order valence-corrected chi connectivity index (χ0v) is 10.9. The van der Waals surface area contributed by atoms with Crippen LogP contribution in [0.5, 0.6) is 0 Å². The second-order valence-electron chi connectivity index (χ2n) is 5.14. The molecule has 0 amide bonds. The molecule has 0 aromatic rings. The van der Waals surface area contributed by atoms with Crippen LogP contribution in [0.3, 0.4) is 0 Å². The van der Waals surface area contributed by atoms with Crippen LogP contribution in [0.2, 0.25) is 0 Å². The quantitative estimate of drug-likeness (QED) is 0.553. The normalized spacial score (nSPS) is 29.6. The second-order valence-corrected chi connectivity index (χ2v) is 5.14. The highest BCUT2D eigenvalue weighted by Gasteiger charge is 2.39. The zero-order chi connectivity index (χ0) is 12.7. The number of nitrogens with one attached hydrogen (secondary N) is 1. The smallest absolute Gasteiger partial charge is 0.323 e. The first-order valence-corrected chi connectivity index (χ1v) is 6.74. The molecule has 0 aromatic carbocycles. The van der Waals surface area contributed by atoms with Gasteiger partial charge in [0.1, 0.15) is 5.54 Å². The Balaban J connectivity index is 2.65. The zero-order valence-electron chi connectivity index (χ0n) is 10.9. The van der Waals surface area contributed by atoms with Crippen LogP contribution in [0.4, 0.5) is 0 Å². The third kappa shape index (κ3) is 3.84. The van der Waals surface area contributed by atoms with Gasteiger partial charge in [0.15, 0.2) is 0 Å². The number of carboxylic acid groups (broad SMARTS) is 1. The molecule has 1 aliphatic rings. The lowest BCUT2D eigenvalue weighted by molar-refractivity contribution is -0.145. The minimum absolute atomic E-state index is 0.574. The molecule has 1 aliphatic carbocycles. The van der Waals surface area contributed by atoms with Crippen molar-refractivity contribution in [1.29, 1.82) is 0 Å². The van der Waals surface area contributed by atoms with Crippen LogP contribution in [-0.4, -0.2) is 23.2 Å². The Hall–Kier alpha value is -0.830. The fraction of sp³-hybridized carbons (Fsp3) is 0.786. The molecule has 98 valence electrons. The van der Waals surface area contributed by atoms with Crippen LogP contribution >= 0.6 is 0 Å². The Morgan fingerprint density at radius 1 is 1.53 bits per heavy atom. The Kier molecular flexibility index (Phi) is 5.69. The minimum atomic E-state index is -0.712. The highest BCUT2D eigenvalue weighted by Crippen LogP contribution is 2.32. The van der Waals surface area contributed by atoms with Gasteiger partial charge in [-0.1, -0.05) is 38.7 Å². The van der Waals surface area contributed by atoms with E-state index in [2.05, 4.69) is 18.8 Å². The van der Waals surface area contributed by atoms with Gasteiger partial charge in [-0.05, 0) is 25.2 Å². The molecule has 2 atom stereocenters. The lowest BCUT2D eigenvalue weighted by Gasteiger charge is -2.29. The maximum absolute atomic E-state index is 11.5. The minimum Gasteiger partial charge on any atom is -0.480 e. The molecular formula is C14H25NO2. The molecule has 1 rings (SSSR count). The van der Waals surface area contributed by atoms with E-state index in [1.54, 1.807) is 6.08 Å². The monoisotopic (exact) mass is 239 g/mol. The molecule has 0 radical (unpaired) electrons. The van der Waals surface area contributed by atoms with Gasteiger partial charge in [0.2, 0.25) is 0 Å². The molecule has 1 saturated carbocycles. The lowest BCUT2D eigenvalue weighted by atomic mass is 9.89. The van der Waals surface area contributed by atoms with Gasteiger partial charge in [0, 0.05) is 6.54 Å². The van der Waals surface area contributed by atoms with Crippen molar-refractivity contribution < 1.29 is 9.90 Å². The lowest BCUT2D eigenvalue weighted by Crippen LogP contribution is -2.51. The van der Waals surface area contributed by atoms with Crippen molar-refractivity contribution in [2.24, 2.45) is 5.92 Å². The van der Waals surface area contributed by atoms with E-state index >= 15 is 0 Å². The summed E-state index contributed by atoms with van der Waals surface area (Å²) in [5, 5.41) is 12.6. The average Bonchev–Trinajstić information content (AvgIpc) is 2.51. The summed E-state index contributed by atoms with van der Waals surface area (Å²) in [6.45, 7) is 6.42. The van der Waals surface area contributed by atoms with Crippen molar-refractivity contribution in [2.45, 2.75) is 57.4 Å². The third-order valence-electron chi connectivity index (χ3n) is 3.89. The molecular weight excluding hydrogens is 214 g/mol. The Bertz CT molecular complexity index is 265. The molecule has 17 heavy (non-hydrogen) atoms. The molecule has 3 heteroatoms. The standard InChI is InChI=1S/C14H25NO2/c1-3-6-12-7-5-9-14(10-8-12,13(16)17)15-11-4-2/h4,12,15H,2-3,5-11H2,1H3,(H,16,17). The van der Waals surface area contributed by atoms with Crippen LogP contribution in [0.15, 0.2) is 12.7 Å². The Morgan fingerprint density at radius 2 is 2.29 bits per heavy atom. The van der Waals surface area contributed by atoms with Crippen molar-refractivity contribution in [1.82, 2.24) is 5.32 Å². The topological polar surface area (TPSA) is 49.3 Å². The summed E-state index contributed by atoms with van der Waals surface area (Å²) in [6, 6.07) is 0. The van der Waals surface area contributed by atoms with Crippen LogP contribution < -0.4 is 5.32 Å². The van der Waals surface area contributed by atoms with Gasteiger partial charge >= 0.3 is 5.97 Å². The molecule has 3 nitrogen and oxygen atoms in total. The fourth-order valence-electron chi connectivity index (χ4n) is 2.84. The summed E-state index contributed by atoms with van der Waals surface area (Å²) in [4.78, 5) is 11.5. The first-order valence-electron chi connectivity index (χ1n) is 6.74. The predicted molar refractivity (Wildman–Crippen MR) is 70.0 cm³/mol.